The van der Waals surface area contributed by atoms with Crippen LogP contribution in [0.4, 0.5) is 5.00 Å². The molecular weight excluding hydrogens is 416 g/mol. The van der Waals surface area contributed by atoms with E-state index in [-0.39, 0.29) is 18.6 Å². The van der Waals surface area contributed by atoms with Crippen LogP contribution in [0.5, 0.6) is 0 Å². The number of aryl methyl sites for hydroxylation is 1. The maximum absolute atomic E-state index is 12.5. The molecule has 1 amide bonds. The van der Waals surface area contributed by atoms with Gasteiger partial charge in [-0.15, -0.1) is 11.3 Å². The number of hydrogen-bond acceptors (Lipinski definition) is 7. The average Bonchev–Trinajstić information content (AvgIpc) is 3.18. The van der Waals surface area contributed by atoms with Gasteiger partial charge < -0.3 is 14.8 Å². The molecule has 3 rings (SSSR count). The molecule has 0 saturated carbocycles. The summed E-state index contributed by atoms with van der Waals surface area (Å²) in [5.74, 6) is -1.60. The number of amides is 1. The van der Waals surface area contributed by atoms with E-state index in [9.17, 15) is 14.4 Å². The molecule has 0 atom stereocenters. The first-order valence-electron chi connectivity index (χ1n) is 9.69. The number of anilines is 1. The SMILES string of the molecule is CCOC(=O)c1c(-c2ccccc2)csc1NC(=O)COC(=O)Cc1ccc(C)nc1. The monoisotopic (exact) mass is 438 g/mol. The van der Waals surface area contributed by atoms with Crippen molar-refractivity contribution in [1.82, 2.24) is 4.98 Å². The third-order valence-corrected chi connectivity index (χ3v) is 5.19. The maximum Gasteiger partial charge on any atom is 0.341 e. The quantitative estimate of drug-likeness (QED) is 0.534. The van der Waals surface area contributed by atoms with Crippen molar-refractivity contribution in [2.24, 2.45) is 0 Å². The molecule has 0 unspecified atom stereocenters. The van der Waals surface area contributed by atoms with Gasteiger partial charge in [-0.25, -0.2) is 4.79 Å². The Kier molecular flexibility index (Phi) is 7.50. The first-order valence-corrected chi connectivity index (χ1v) is 10.6. The molecule has 2 heterocycles. The Bertz CT molecular complexity index is 1060. The molecule has 7 nitrogen and oxygen atoms in total. The van der Waals surface area contributed by atoms with Crippen LogP contribution < -0.4 is 5.32 Å². The summed E-state index contributed by atoms with van der Waals surface area (Å²) >= 11 is 1.21. The number of thiophene rings is 1. The minimum absolute atomic E-state index is 0.0196. The molecule has 1 N–H and O–H groups in total. The lowest BCUT2D eigenvalue weighted by molar-refractivity contribution is -0.146. The molecule has 0 aliphatic rings. The van der Waals surface area contributed by atoms with Crippen LogP contribution in [0.1, 0.15) is 28.5 Å². The summed E-state index contributed by atoms with van der Waals surface area (Å²) in [6.07, 6.45) is 1.62. The number of aromatic nitrogens is 1. The van der Waals surface area contributed by atoms with Crippen LogP contribution in [-0.2, 0) is 25.5 Å². The minimum Gasteiger partial charge on any atom is -0.462 e. The fraction of sp³-hybridized carbons (Fsp3) is 0.217. The summed E-state index contributed by atoms with van der Waals surface area (Å²) in [6.45, 7) is 3.32. The highest BCUT2D eigenvalue weighted by Crippen LogP contribution is 2.36. The van der Waals surface area contributed by atoms with E-state index in [1.165, 1.54) is 11.3 Å². The van der Waals surface area contributed by atoms with Gasteiger partial charge in [0.05, 0.1) is 13.0 Å². The molecule has 0 bridgehead atoms. The normalized spacial score (nSPS) is 10.4. The zero-order valence-electron chi connectivity index (χ0n) is 17.2. The smallest absolute Gasteiger partial charge is 0.341 e. The Balaban J connectivity index is 1.66. The summed E-state index contributed by atoms with van der Waals surface area (Å²) in [5, 5.41) is 4.79. The molecule has 160 valence electrons. The number of carbonyl (C=O) groups is 3. The summed E-state index contributed by atoms with van der Waals surface area (Å²) < 4.78 is 10.2. The molecule has 2 aromatic heterocycles. The first kappa shape index (κ1) is 22.2. The van der Waals surface area contributed by atoms with Crippen LogP contribution in [0.15, 0.2) is 54.0 Å². The minimum atomic E-state index is -0.539. The van der Waals surface area contributed by atoms with Gasteiger partial charge in [-0.2, -0.15) is 0 Å². The summed E-state index contributed by atoms with van der Waals surface area (Å²) in [6, 6.07) is 12.9. The number of hydrogen-bond donors (Lipinski definition) is 1. The van der Waals surface area contributed by atoms with E-state index < -0.39 is 24.5 Å². The molecule has 0 saturated heterocycles. The predicted octanol–water partition coefficient (Wildman–Crippen LogP) is 4.02. The number of nitrogens with one attached hydrogen (secondary N) is 1. The second-order valence-corrected chi connectivity index (χ2v) is 7.51. The molecule has 8 heteroatoms. The molecule has 31 heavy (non-hydrogen) atoms. The lowest BCUT2D eigenvalue weighted by Gasteiger charge is -2.09. The topological polar surface area (TPSA) is 94.6 Å². The van der Waals surface area contributed by atoms with E-state index in [4.69, 9.17) is 9.47 Å². The van der Waals surface area contributed by atoms with Crippen LogP contribution in [0.3, 0.4) is 0 Å². The number of pyridine rings is 1. The van der Waals surface area contributed by atoms with Gasteiger partial charge in [0.15, 0.2) is 6.61 Å². The number of ether oxygens (including phenoxy) is 2. The molecule has 0 spiro atoms. The van der Waals surface area contributed by atoms with Gasteiger partial charge in [0.1, 0.15) is 10.6 Å². The van der Waals surface area contributed by atoms with Crippen molar-refractivity contribution in [2.75, 3.05) is 18.5 Å². The largest absolute Gasteiger partial charge is 0.462 e. The maximum atomic E-state index is 12.5. The molecule has 0 radical (unpaired) electrons. The lowest BCUT2D eigenvalue weighted by Crippen LogP contribution is -2.22. The summed E-state index contributed by atoms with van der Waals surface area (Å²) in [4.78, 5) is 41.0. The van der Waals surface area contributed by atoms with Crippen molar-refractivity contribution in [1.29, 1.82) is 0 Å². The second kappa shape index (κ2) is 10.5. The van der Waals surface area contributed by atoms with Crippen molar-refractivity contribution in [3.63, 3.8) is 0 Å². The molecule has 0 fully saturated rings. The molecule has 0 aliphatic carbocycles. The number of nitrogens with zero attached hydrogens (tertiary/aromatic N) is 1. The van der Waals surface area contributed by atoms with E-state index >= 15 is 0 Å². The Morgan fingerprint density at radius 2 is 1.84 bits per heavy atom. The van der Waals surface area contributed by atoms with Crippen LogP contribution in [0, 0.1) is 6.92 Å². The standard InChI is InChI=1S/C23H22N2O5S/c1-3-29-23(28)21-18(17-7-5-4-6-8-17)14-31-22(21)25-19(26)13-30-20(27)11-16-10-9-15(2)24-12-16/h4-10,12,14H,3,11,13H2,1-2H3,(H,25,26). The van der Waals surface area contributed by atoms with E-state index in [1.807, 2.05) is 37.3 Å². The number of benzene rings is 1. The van der Waals surface area contributed by atoms with E-state index in [2.05, 4.69) is 10.3 Å². The van der Waals surface area contributed by atoms with Crippen molar-refractivity contribution in [2.45, 2.75) is 20.3 Å². The molecule has 3 aromatic rings. The summed E-state index contributed by atoms with van der Waals surface area (Å²) in [7, 11) is 0. The van der Waals surface area contributed by atoms with E-state index in [1.54, 1.807) is 30.6 Å². The fourth-order valence-electron chi connectivity index (χ4n) is 2.82. The Hall–Kier alpha value is -3.52. The van der Waals surface area contributed by atoms with Crippen molar-refractivity contribution >= 4 is 34.2 Å². The highest BCUT2D eigenvalue weighted by molar-refractivity contribution is 7.15. The van der Waals surface area contributed by atoms with Crippen molar-refractivity contribution in [3.05, 3.63) is 70.9 Å². The Morgan fingerprint density at radius 3 is 2.52 bits per heavy atom. The van der Waals surface area contributed by atoms with Gasteiger partial charge in [-0.05, 0) is 31.0 Å². The van der Waals surface area contributed by atoms with Crippen LogP contribution >= 0.6 is 11.3 Å². The van der Waals surface area contributed by atoms with Crippen LogP contribution in [0.25, 0.3) is 11.1 Å². The van der Waals surface area contributed by atoms with E-state index in [0.717, 1.165) is 11.3 Å². The second-order valence-electron chi connectivity index (χ2n) is 6.63. The molecular formula is C23H22N2O5S. The van der Waals surface area contributed by atoms with Gasteiger partial charge in [0, 0.05) is 22.8 Å². The highest BCUT2D eigenvalue weighted by atomic mass is 32.1. The summed E-state index contributed by atoms with van der Waals surface area (Å²) in [5.41, 5.74) is 3.33. The van der Waals surface area contributed by atoms with Crippen molar-refractivity contribution in [3.8, 4) is 11.1 Å². The third-order valence-electron chi connectivity index (χ3n) is 4.29. The van der Waals surface area contributed by atoms with Gasteiger partial charge in [0.25, 0.3) is 5.91 Å². The Morgan fingerprint density at radius 1 is 1.06 bits per heavy atom. The fourth-order valence-corrected chi connectivity index (χ4v) is 3.79. The predicted molar refractivity (Wildman–Crippen MR) is 118 cm³/mol. The van der Waals surface area contributed by atoms with Crippen LogP contribution in [0.2, 0.25) is 0 Å². The zero-order valence-corrected chi connectivity index (χ0v) is 18.0. The third kappa shape index (κ3) is 5.99. The lowest BCUT2D eigenvalue weighted by atomic mass is 10.0. The number of carbonyl (C=O) groups excluding carboxylic acids is 3. The van der Waals surface area contributed by atoms with Gasteiger partial charge in [-0.3, -0.25) is 14.6 Å². The number of rotatable bonds is 8. The van der Waals surface area contributed by atoms with Gasteiger partial charge >= 0.3 is 11.9 Å². The average molecular weight is 439 g/mol. The van der Waals surface area contributed by atoms with Gasteiger partial charge in [-0.1, -0.05) is 36.4 Å². The molecule has 0 aliphatic heterocycles. The molecule has 1 aromatic carbocycles. The van der Waals surface area contributed by atoms with Crippen molar-refractivity contribution < 1.29 is 23.9 Å². The van der Waals surface area contributed by atoms with Gasteiger partial charge in [0.2, 0.25) is 0 Å². The number of esters is 2. The highest BCUT2D eigenvalue weighted by Gasteiger charge is 2.23. The Labute approximate surface area is 184 Å². The zero-order chi connectivity index (χ0) is 22.2. The van der Waals surface area contributed by atoms with Crippen LogP contribution in [-0.4, -0.2) is 36.0 Å². The van der Waals surface area contributed by atoms with E-state index in [0.29, 0.717) is 16.1 Å². The first-order chi connectivity index (χ1) is 15.0.